The number of benzene rings is 1. The van der Waals surface area contributed by atoms with Gasteiger partial charge in [-0.25, -0.2) is 9.18 Å². The second-order valence-corrected chi connectivity index (χ2v) is 8.10. The van der Waals surface area contributed by atoms with Gasteiger partial charge in [0, 0.05) is 17.7 Å². The third-order valence-electron chi connectivity index (χ3n) is 6.02. The van der Waals surface area contributed by atoms with Gasteiger partial charge >= 0.3 is 13.1 Å². The molecular formula is C18H24BFN2O3. The van der Waals surface area contributed by atoms with Crippen LogP contribution in [0.15, 0.2) is 18.2 Å². The van der Waals surface area contributed by atoms with Gasteiger partial charge < -0.3 is 14.2 Å². The summed E-state index contributed by atoms with van der Waals surface area (Å²) >= 11 is 0. The van der Waals surface area contributed by atoms with Gasteiger partial charge in [-0.1, -0.05) is 6.07 Å². The number of amides is 2. The maximum Gasteiger partial charge on any atom is 0.497 e. The van der Waals surface area contributed by atoms with Crippen molar-refractivity contribution in [2.45, 2.75) is 64.3 Å². The van der Waals surface area contributed by atoms with E-state index >= 15 is 0 Å². The molecule has 4 rings (SSSR count). The van der Waals surface area contributed by atoms with Gasteiger partial charge in [0.15, 0.2) is 0 Å². The number of carbonyl (C=O) groups is 1. The highest BCUT2D eigenvalue weighted by Crippen LogP contribution is 2.43. The molecule has 134 valence electrons. The first kappa shape index (κ1) is 16.9. The van der Waals surface area contributed by atoms with Crippen LogP contribution in [0.25, 0.3) is 0 Å². The molecule has 2 aliphatic heterocycles. The number of hydrogen-bond acceptors (Lipinski definition) is 3. The Morgan fingerprint density at radius 1 is 1.20 bits per heavy atom. The molecule has 7 heteroatoms. The summed E-state index contributed by atoms with van der Waals surface area (Å²) in [5.41, 5.74) is -0.0624. The molecule has 1 aromatic carbocycles. The van der Waals surface area contributed by atoms with Gasteiger partial charge in [-0.15, -0.1) is 0 Å². The van der Waals surface area contributed by atoms with Crippen LogP contribution in [0.2, 0.25) is 0 Å². The van der Waals surface area contributed by atoms with Gasteiger partial charge in [0.05, 0.1) is 23.3 Å². The van der Waals surface area contributed by atoms with E-state index in [0.29, 0.717) is 17.7 Å². The monoisotopic (exact) mass is 346 g/mol. The van der Waals surface area contributed by atoms with E-state index in [1.807, 2.05) is 39.5 Å². The fourth-order valence-electron chi connectivity index (χ4n) is 3.70. The predicted molar refractivity (Wildman–Crippen MR) is 94.6 cm³/mol. The van der Waals surface area contributed by atoms with Gasteiger partial charge in [-0.05, 0) is 53.2 Å². The molecule has 2 heterocycles. The van der Waals surface area contributed by atoms with Gasteiger partial charge in [-0.3, -0.25) is 4.90 Å². The molecule has 0 N–H and O–H groups in total. The minimum Gasteiger partial charge on any atom is -0.399 e. The average molecular weight is 346 g/mol. The number of urea groups is 1. The van der Waals surface area contributed by atoms with Crippen molar-refractivity contribution < 1.29 is 18.5 Å². The Bertz CT molecular complexity index is 723. The first-order valence-corrected chi connectivity index (χ1v) is 8.91. The molecule has 3 aliphatic rings. The third kappa shape index (κ3) is 2.40. The van der Waals surface area contributed by atoms with Crippen molar-refractivity contribution in [3.05, 3.63) is 24.0 Å². The lowest BCUT2D eigenvalue weighted by molar-refractivity contribution is 0.00578. The topological polar surface area (TPSA) is 42.0 Å². The maximum absolute atomic E-state index is 14.8. The van der Waals surface area contributed by atoms with Crippen molar-refractivity contribution in [2.75, 3.05) is 11.4 Å². The zero-order valence-electron chi connectivity index (χ0n) is 15.4. The highest BCUT2D eigenvalue weighted by Gasteiger charge is 2.57. The SMILES string of the molecule is CCN1C(=O)N(c2ccc(B3OC(C)(C)C(C)(C)O3)c(F)c2)C2CC21. The minimum atomic E-state index is -0.742. The fraction of sp³-hybridized carbons (Fsp3) is 0.611. The standard InChI is InChI=1S/C18H24BFN2O3/c1-6-21-14-10-15(14)22(16(21)23)11-7-8-12(13(20)9-11)19-24-17(2,3)18(4,5)25-19/h7-9,14-15H,6,10H2,1-5H3. The molecule has 25 heavy (non-hydrogen) atoms. The molecule has 0 spiro atoms. The largest absolute Gasteiger partial charge is 0.497 e. The zero-order valence-corrected chi connectivity index (χ0v) is 15.4. The number of likely N-dealkylation sites (N-methyl/N-ethyl adjacent to an activating group) is 1. The van der Waals surface area contributed by atoms with E-state index in [9.17, 15) is 9.18 Å². The Labute approximate surface area is 148 Å². The summed E-state index contributed by atoms with van der Waals surface area (Å²) in [5, 5.41) is 0. The van der Waals surface area contributed by atoms with Crippen molar-refractivity contribution in [3.8, 4) is 0 Å². The van der Waals surface area contributed by atoms with Gasteiger partial charge in [0.2, 0.25) is 0 Å². The van der Waals surface area contributed by atoms with Crippen molar-refractivity contribution in [3.63, 3.8) is 0 Å². The molecule has 5 nitrogen and oxygen atoms in total. The summed E-state index contributed by atoms with van der Waals surface area (Å²) in [5.74, 6) is -0.407. The summed E-state index contributed by atoms with van der Waals surface area (Å²) in [6.45, 7) is 10.4. The lowest BCUT2D eigenvalue weighted by atomic mass is 9.78. The van der Waals surface area contributed by atoms with Crippen LogP contribution in [0.4, 0.5) is 14.9 Å². The van der Waals surface area contributed by atoms with Gasteiger partial charge in [0.1, 0.15) is 5.82 Å². The second-order valence-electron chi connectivity index (χ2n) is 8.10. The molecule has 1 aromatic rings. The lowest BCUT2D eigenvalue weighted by Crippen LogP contribution is -2.41. The highest BCUT2D eigenvalue weighted by molar-refractivity contribution is 6.62. The number of rotatable bonds is 3. The van der Waals surface area contributed by atoms with Crippen LogP contribution in [0.3, 0.4) is 0 Å². The van der Waals surface area contributed by atoms with E-state index in [4.69, 9.17) is 9.31 Å². The first-order chi connectivity index (χ1) is 11.7. The van der Waals surface area contributed by atoms with E-state index in [1.165, 1.54) is 6.07 Å². The van der Waals surface area contributed by atoms with Crippen LogP contribution < -0.4 is 10.4 Å². The number of fused-ring (bicyclic) bond motifs is 1. The molecule has 1 aliphatic carbocycles. The molecule has 0 bridgehead atoms. The maximum atomic E-state index is 14.8. The summed E-state index contributed by atoms with van der Waals surface area (Å²) in [7, 11) is -0.742. The Hall–Kier alpha value is -1.60. The van der Waals surface area contributed by atoms with Gasteiger partial charge in [0.25, 0.3) is 0 Å². The molecular weight excluding hydrogens is 322 g/mol. The number of nitrogens with zero attached hydrogens (tertiary/aromatic N) is 2. The molecule has 0 radical (unpaired) electrons. The zero-order chi connectivity index (χ0) is 18.1. The van der Waals surface area contributed by atoms with E-state index < -0.39 is 24.1 Å². The van der Waals surface area contributed by atoms with Crippen LogP contribution in [0.1, 0.15) is 41.0 Å². The van der Waals surface area contributed by atoms with Crippen LogP contribution >= 0.6 is 0 Å². The Balaban J connectivity index is 1.60. The van der Waals surface area contributed by atoms with Crippen molar-refractivity contribution >= 4 is 24.3 Å². The van der Waals surface area contributed by atoms with Crippen molar-refractivity contribution in [1.82, 2.24) is 4.90 Å². The molecule has 2 saturated heterocycles. The quantitative estimate of drug-likeness (QED) is 0.790. The van der Waals surface area contributed by atoms with E-state index in [0.717, 1.165) is 6.42 Å². The molecule has 0 aromatic heterocycles. The number of halogens is 1. The third-order valence-corrected chi connectivity index (χ3v) is 6.02. The van der Waals surface area contributed by atoms with Crippen LogP contribution in [-0.2, 0) is 9.31 Å². The number of carbonyl (C=O) groups excluding carboxylic acids is 1. The van der Waals surface area contributed by atoms with Crippen LogP contribution in [0.5, 0.6) is 0 Å². The summed E-state index contributed by atoms with van der Waals surface area (Å²) in [4.78, 5) is 16.0. The normalized spacial score (nSPS) is 29.4. The Morgan fingerprint density at radius 2 is 1.84 bits per heavy atom. The molecule has 2 atom stereocenters. The minimum absolute atomic E-state index is 0.0356. The summed E-state index contributed by atoms with van der Waals surface area (Å²) in [6, 6.07) is 5.30. The van der Waals surface area contributed by atoms with Crippen molar-refractivity contribution in [2.24, 2.45) is 0 Å². The summed E-state index contributed by atoms with van der Waals surface area (Å²) < 4.78 is 26.7. The summed E-state index contributed by atoms with van der Waals surface area (Å²) in [6.07, 6.45) is 0.959. The number of hydrogen-bond donors (Lipinski definition) is 0. The van der Waals surface area contributed by atoms with Crippen LogP contribution in [-0.4, -0.2) is 47.9 Å². The predicted octanol–water partition coefficient (Wildman–Crippen LogP) is 2.53. The molecule has 3 fully saturated rings. The Kier molecular flexibility index (Phi) is 3.51. The lowest BCUT2D eigenvalue weighted by Gasteiger charge is -2.32. The smallest absolute Gasteiger partial charge is 0.399 e. The Morgan fingerprint density at radius 3 is 2.36 bits per heavy atom. The van der Waals surface area contributed by atoms with E-state index in [-0.39, 0.29) is 18.1 Å². The average Bonchev–Trinajstić information content (AvgIpc) is 3.15. The number of anilines is 1. The van der Waals surface area contributed by atoms with Gasteiger partial charge in [-0.2, -0.15) is 0 Å². The van der Waals surface area contributed by atoms with Crippen LogP contribution in [0, 0.1) is 5.82 Å². The van der Waals surface area contributed by atoms with Crippen molar-refractivity contribution in [1.29, 1.82) is 0 Å². The molecule has 1 saturated carbocycles. The molecule has 2 unspecified atom stereocenters. The highest BCUT2D eigenvalue weighted by atomic mass is 19.1. The molecule has 2 amide bonds. The second kappa shape index (κ2) is 5.21. The first-order valence-electron chi connectivity index (χ1n) is 8.91. The van der Waals surface area contributed by atoms with E-state index in [1.54, 1.807) is 17.0 Å². The fourth-order valence-corrected chi connectivity index (χ4v) is 3.70. The van der Waals surface area contributed by atoms with E-state index in [2.05, 4.69) is 0 Å².